The van der Waals surface area contributed by atoms with Crippen molar-refractivity contribution in [3.05, 3.63) is 0 Å². The molecule has 0 aliphatic carbocycles. The molecule has 12 heavy (non-hydrogen) atoms. The summed E-state index contributed by atoms with van der Waals surface area (Å²) in [4.78, 5) is 2.18. The molecule has 0 aromatic rings. The molecular weight excluding hydrogens is 148 g/mol. The Labute approximate surface area is 75.5 Å². The summed E-state index contributed by atoms with van der Waals surface area (Å²) in [5, 5.41) is 7.50. The van der Waals surface area contributed by atoms with E-state index in [1.165, 1.54) is 19.3 Å². The first kappa shape index (κ1) is 9.56. The van der Waals surface area contributed by atoms with Crippen LogP contribution in [0.2, 0.25) is 0 Å². The molecule has 1 fully saturated rings. The van der Waals surface area contributed by atoms with Gasteiger partial charge >= 0.3 is 0 Å². The molecule has 0 aromatic carbocycles. The molecule has 0 amide bonds. The number of nitrogens with one attached hydrogen (secondary N) is 1. The zero-order valence-corrected chi connectivity index (χ0v) is 8.48. The van der Waals surface area contributed by atoms with Crippen LogP contribution in [-0.4, -0.2) is 23.8 Å². The maximum atomic E-state index is 7.50. The molecule has 70 valence electrons. The summed E-state index contributed by atoms with van der Waals surface area (Å²) in [5.74, 6) is 0.730. The lowest BCUT2D eigenvalue weighted by Gasteiger charge is -2.39. The molecule has 0 radical (unpaired) electrons. The predicted octanol–water partition coefficient (Wildman–Crippen LogP) is 2.50. The highest BCUT2D eigenvalue weighted by atomic mass is 15.2. The SMILES string of the molecule is CCC1(C)CCN(C(C)=N)CC1. The number of amidine groups is 1. The van der Waals surface area contributed by atoms with Crippen molar-refractivity contribution in [2.24, 2.45) is 5.41 Å². The minimum Gasteiger partial charge on any atom is -0.361 e. The molecule has 0 bridgehead atoms. The lowest BCUT2D eigenvalue weighted by molar-refractivity contribution is 0.161. The van der Waals surface area contributed by atoms with Gasteiger partial charge in [-0.15, -0.1) is 0 Å². The molecule has 0 spiro atoms. The van der Waals surface area contributed by atoms with Crippen LogP contribution in [0.1, 0.15) is 40.0 Å². The Kier molecular flexibility index (Phi) is 2.76. The fraction of sp³-hybridized carbons (Fsp3) is 0.900. The molecule has 0 atom stereocenters. The van der Waals surface area contributed by atoms with Crippen molar-refractivity contribution < 1.29 is 0 Å². The van der Waals surface area contributed by atoms with E-state index in [2.05, 4.69) is 18.7 Å². The zero-order valence-electron chi connectivity index (χ0n) is 8.48. The van der Waals surface area contributed by atoms with Crippen LogP contribution in [0.4, 0.5) is 0 Å². The molecule has 0 aromatic heterocycles. The molecule has 0 unspecified atom stereocenters. The van der Waals surface area contributed by atoms with Gasteiger partial charge in [-0.05, 0) is 25.2 Å². The number of rotatable bonds is 1. The normalized spacial score (nSPS) is 22.4. The van der Waals surface area contributed by atoms with Crippen molar-refractivity contribution in [3.63, 3.8) is 0 Å². The van der Waals surface area contributed by atoms with Crippen LogP contribution >= 0.6 is 0 Å². The molecule has 1 heterocycles. The van der Waals surface area contributed by atoms with Gasteiger partial charge in [-0.3, -0.25) is 5.41 Å². The van der Waals surface area contributed by atoms with E-state index in [-0.39, 0.29) is 0 Å². The van der Waals surface area contributed by atoms with Crippen molar-refractivity contribution in [2.45, 2.75) is 40.0 Å². The molecule has 1 aliphatic heterocycles. The molecular formula is C10H20N2. The third kappa shape index (κ3) is 1.99. The molecule has 1 rings (SSSR count). The van der Waals surface area contributed by atoms with E-state index < -0.39 is 0 Å². The Morgan fingerprint density at radius 2 is 1.92 bits per heavy atom. The summed E-state index contributed by atoms with van der Waals surface area (Å²) in [6.07, 6.45) is 3.78. The summed E-state index contributed by atoms with van der Waals surface area (Å²) >= 11 is 0. The third-order valence-corrected chi connectivity index (χ3v) is 3.30. The number of nitrogens with zero attached hydrogens (tertiary/aromatic N) is 1. The third-order valence-electron chi connectivity index (χ3n) is 3.30. The number of hydrogen-bond acceptors (Lipinski definition) is 1. The van der Waals surface area contributed by atoms with Crippen LogP contribution in [0.3, 0.4) is 0 Å². The standard InChI is InChI=1S/C10H20N2/c1-4-10(3)5-7-12(8-6-10)9(2)11/h11H,4-8H2,1-3H3. The summed E-state index contributed by atoms with van der Waals surface area (Å²) in [6, 6.07) is 0. The first-order valence-corrected chi connectivity index (χ1v) is 4.87. The van der Waals surface area contributed by atoms with E-state index in [4.69, 9.17) is 5.41 Å². The van der Waals surface area contributed by atoms with E-state index in [9.17, 15) is 0 Å². The summed E-state index contributed by atoms with van der Waals surface area (Å²) in [6.45, 7) is 8.69. The average molecular weight is 168 g/mol. The van der Waals surface area contributed by atoms with Crippen LogP contribution < -0.4 is 0 Å². The zero-order chi connectivity index (χ0) is 9.19. The van der Waals surface area contributed by atoms with Gasteiger partial charge in [-0.25, -0.2) is 0 Å². The number of hydrogen-bond donors (Lipinski definition) is 1. The maximum Gasteiger partial charge on any atom is 0.0925 e. The lowest BCUT2D eigenvalue weighted by Crippen LogP contribution is -2.40. The highest BCUT2D eigenvalue weighted by Gasteiger charge is 2.28. The second-order valence-electron chi connectivity index (χ2n) is 4.24. The fourth-order valence-corrected chi connectivity index (χ4v) is 1.74. The smallest absolute Gasteiger partial charge is 0.0925 e. The fourth-order valence-electron chi connectivity index (χ4n) is 1.74. The van der Waals surface area contributed by atoms with Gasteiger partial charge in [-0.2, -0.15) is 0 Å². The topological polar surface area (TPSA) is 27.1 Å². The molecule has 2 nitrogen and oxygen atoms in total. The van der Waals surface area contributed by atoms with Gasteiger partial charge in [0.2, 0.25) is 0 Å². The van der Waals surface area contributed by atoms with Gasteiger partial charge in [0.05, 0.1) is 5.84 Å². The van der Waals surface area contributed by atoms with Crippen molar-refractivity contribution in [2.75, 3.05) is 13.1 Å². The monoisotopic (exact) mass is 168 g/mol. The first-order chi connectivity index (χ1) is 5.57. The Hall–Kier alpha value is -0.530. The molecule has 1 N–H and O–H groups in total. The average Bonchev–Trinajstić information content (AvgIpc) is 2.05. The second-order valence-corrected chi connectivity index (χ2v) is 4.24. The first-order valence-electron chi connectivity index (χ1n) is 4.87. The van der Waals surface area contributed by atoms with Crippen molar-refractivity contribution in [3.8, 4) is 0 Å². The molecule has 1 aliphatic rings. The largest absolute Gasteiger partial charge is 0.361 e. The maximum absolute atomic E-state index is 7.50. The minimum atomic E-state index is 0.548. The highest BCUT2D eigenvalue weighted by Crippen LogP contribution is 2.33. The number of likely N-dealkylation sites (tertiary alicyclic amines) is 1. The van der Waals surface area contributed by atoms with Gasteiger partial charge in [0, 0.05) is 13.1 Å². The van der Waals surface area contributed by atoms with Gasteiger partial charge in [0.1, 0.15) is 0 Å². The Bertz CT molecular complexity index is 167. The quantitative estimate of drug-likeness (QED) is 0.472. The van der Waals surface area contributed by atoms with E-state index in [1.54, 1.807) is 0 Å². The Morgan fingerprint density at radius 3 is 2.25 bits per heavy atom. The van der Waals surface area contributed by atoms with E-state index in [0.29, 0.717) is 5.41 Å². The summed E-state index contributed by atoms with van der Waals surface area (Å²) in [7, 11) is 0. The van der Waals surface area contributed by atoms with Crippen molar-refractivity contribution >= 4 is 5.84 Å². The minimum absolute atomic E-state index is 0.548. The molecule has 0 saturated carbocycles. The summed E-state index contributed by atoms with van der Waals surface area (Å²) in [5.41, 5.74) is 0.548. The molecule has 2 heteroatoms. The van der Waals surface area contributed by atoms with Gasteiger partial charge in [0.25, 0.3) is 0 Å². The van der Waals surface area contributed by atoms with Crippen LogP contribution in [0.25, 0.3) is 0 Å². The molecule has 1 saturated heterocycles. The van der Waals surface area contributed by atoms with Crippen LogP contribution in [-0.2, 0) is 0 Å². The van der Waals surface area contributed by atoms with Gasteiger partial charge in [-0.1, -0.05) is 20.3 Å². The van der Waals surface area contributed by atoms with Crippen LogP contribution in [0, 0.1) is 10.8 Å². The van der Waals surface area contributed by atoms with E-state index in [0.717, 1.165) is 18.9 Å². The summed E-state index contributed by atoms with van der Waals surface area (Å²) < 4.78 is 0. The number of piperidine rings is 1. The highest BCUT2D eigenvalue weighted by molar-refractivity contribution is 5.76. The lowest BCUT2D eigenvalue weighted by atomic mass is 9.78. The van der Waals surface area contributed by atoms with E-state index >= 15 is 0 Å². The van der Waals surface area contributed by atoms with Gasteiger partial charge < -0.3 is 4.90 Å². The Morgan fingerprint density at radius 1 is 1.42 bits per heavy atom. The van der Waals surface area contributed by atoms with Crippen molar-refractivity contribution in [1.82, 2.24) is 4.90 Å². The Balaban J connectivity index is 2.44. The second kappa shape index (κ2) is 3.46. The van der Waals surface area contributed by atoms with Gasteiger partial charge in [0.15, 0.2) is 0 Å². The van der Waals surface area contributed by atoms with Crippen molar-refractivity contribution in [1.29, 1.82) is 5.41 Å². The van der Waals surface area contributed by atoms with Crippen LogP contribution in [0.15, 0.2) is 0 Å². The van der Waals surface area contributed by atoms with E-state index in [1.807, 2.05) is 6.92 Å². The van der Waals surface area contributed by atoms with Crippen LogP contribution in [0.5, 0.6) is 0 Å². The predicted molar refractivity (Wildman–Crippen MR) is 52.6 cm³/mol.